The summed E-state index contributed by atoms with van der Waals surface area (Å²) in [7, 11) is 0. The zero-order valence-electron chi connectivity index (χ0n) is 10.4. The van der Waals surface area contributed by atoms with Crippen molar-refractivity contribution in [2.45, 2.75) is 4.90 Å². The van der Waals surface area contributed by atoms with Crippen molar-refractivity contribution in [1.29, 1.82) is 0 Å². The van der Waals surface area contributed by atoms with Crippen molar-refractivity contribution in [3.8, 4) is 0 Å². The minimum atomic E-state index is 0.470. The molecule has 0 aliphatic rings. The van der Waals surface area contributed by atoms with Gasteiger partial charge in [-0.1, -0.05) is 0 Å². The average Bonchev–Trinajstić information content (AvgIpc) is 2.81. The van der Waals surface area contributed by atoms with Crippen LogP contribution in [0.5, 0.6) is 0 Å². The molecule has 0 spiro atoms. The standard InChI is InChI=1S/C14H13N3OS/c1-19-11-5-3-10(4-6-11)16-14-17-12-7-2-9(15)8-13(12)18-14/h2-8H,15H2,1H3,(H,16,17). The number of nitrogen functional groups attached to an aromatic ring is 1. The predicted molar refractivity (Wildman–Crippen MR) is 79.9 cm³/mol. The van der Waals surface area contributed by atoms with Crippen LogP contribution < -0.4 is 11.1 Å². The topological polar surface area (TPSA) is 64.1 Å². The number of aromatic nitrogens is 1. The Morgan fingerprint density at radius 3 is 2.68 bits per heavy atom. The van der Waals surface area contributed by atoms with Crippen molar-refractivity contribution in [3.63, 3.8) is 0 Å². The maximum atomic E-state index is 5.71. The van der Waals surface area contributed by atoms with Crippen LogP contribution in [-0.4, -0.2) is 11.2 Å². The zero-order chi connectivity index (χ0) is 13.2. The molecule has 96 valence electrons. The summed E-state index contributed by atoms with van der Waals surface area (Å²) >= 11 is 1.71. The summed E-state index contributed by atoms with van der Waals surface area (Å²) in [6.45, 7) is 0. The largest absolute Gasteiger partial charge is 0.423 e. The van der Waals surface area contributed by atoms with Crippen molar-refractivity contribution in [3.05, 3.63) is 42.5 Å². The molecule has 1 heterocycles. The molecule has 0 atom stereocenters. The Morgan fingerprint density at radius 2 is 1.95 bits per heavy atom. The normalized spacial score (nSPS) is 10.8. The highest BCUT2D eigenvalue weighted by molar-refractivity contribution is 7.98. The van der Waals surface area contributed by atoms with Crippen molar-refractivity contribution in [2.24, 2.45) is 0 Å². The summed E-state index contributed by atoms with van der Waals surface area (Å²) in [6, 6.07) is 14.0. The number of rotatable bonds is 3. The molecule has 4 nitrogen and oxygen atoms in total. The molecule has 3 N–H and O–H groups in total. The first-order valence-corrected chi connectivity index (χ1v) is 7.04. The SMILES string of the molecule is CSc1ccc(Nc2nc3ccc(N)cc3o2)cc1. The molecule has 0 saturated carbocycles. The average molecular weight is 271 g/mol. The molecular weight excluding hydrogens is 258 g/mol. The lowest BCUT2D eigenvalue weighted by Crippen LogP contribution is -1.89. The lowest BCUT2D eigenvalue weighted by atomic mass is 10.3. The molecular formula is C14H13N3OS. The molecule has 0 aliphatic heterocycles. The van der Waals surface area contributed by atoms with Crippen molar-refractivity contribution in [1.82, 2.24) is 4.98 Å². The summed E-state index contributed by atoms with van der Waals surface area (Å²) in [5.41, 5.74) is 8.79. The van der Waals surface area contributed by atoms with Gasteiger partial charge >= 0.3 is 0 Å². The maximum absolute atomic E-state index is 5.71. The first kappa shape index (κ1) is 11.9. The van der Waals surface area contributed by atoms with Crippen molar-refractivity contribution in [2.75, 3.05) is 17.3 Å². The fraction of sp³-hybridized carbons (Fsp3) is 0.0714. The molecule has 1 aromatic heterocycles. The van der Waals surface area contributed by atoms with Gasteiger partial charge in [0.25, 0.3) is 6.01 Å². The van der Waals surface area contributed by atoms with Gasteiger partial charge in [-0.15, -0.1) is 11.8 Å². The first-order valence-electron chi connectivity index (χ1n) is 5.82. The Bertz CT molecular complexity index is 706. The van der Waals surface area contributed by atoms with Crippen LogP contribution in [0.2, 0.25) is 0 Å². The summed E-state index contributed by atoms with van der Waals surface area (Å²) in [6.07, 6.45) is 2.05. The van der Waals surface area contributed by atoms with Crippen LogP contribution in [0.1, 0.15) is 0 Å². The van der Waals surface area contributed by atoms with E-state index in [0.29, 0.717) is 17.3 Å². The number of fused-ring (bicyclic) bond motifs is 1. The Morgan fingerprint density at radius 1 is 1.16 bits per heavy atom. The van der Waals surface area contributed by atoms with Crippen LogP contribution in [0.25, 0.3) is 11.1 Å². The van der Waals surface area contributed by atoms with Gasteiger partial charge in [0.15, 0.2) is 5.58 Å². The minimum Gasteiger partial charge on any atom is -0.423 e. The van der Waals surface area contributed by atoms with E-state index in [4.69, 9.17) is 10.2 Å². The number of anilines is 3. The van der Waals surface area contributed by atoms with E-state index >= 15 is 0 Å². The molecule has 5 heteroatoms. The number of hydrogen-bond acceptors (Lipinski definition) is 5. The number of oxazole rings is 1. The predicted octanol–water partition coefficient (Wildman–Crippen LogP) is 3.88. The third kappa shape index (κ3) is 2.51. The quantitative estimate of drug-likeness (QED) is 0.559. The van der Waals surface area contributed by atoms with Crippen LogP contribution in [0.3, 0.4) is 0 Å². The molecule has 0 radical (unpaired) electrons. The minimum absolute atomic E-state index is 0.470. The number of nitrogens with two attached hydrogens (primary N) is 1. The maximum Gasteiger partial charge on any atom is 0.300 e. The van der Waals surface area contributed by atoms with Gasteiger partial charge in [-0.25, -0.2) is 0 Å². The second kappa shape index (κ2) is 4.85. The Kier molecular flexibility index (Phi) is 3.05. The van der Waals surface area contributed by atoms with Gasteiger partial charge in [0.2, 0.25) is 0 Å². The van der Waals surface area contributed by atoms with Crippen LogP contribution in [0.15, 0.2) is 51.8 Å². The number of nitrogens with one attached hydrogen (secondary N) is 1. The highest BCUT2D eigenvalue weighted by Gasteiger charge is 2.06. The van der Waals surface area contributed by atoms with E-state index in [1.54, 1.807) is 17.8 Å². The molecule has 19 heavy (non-hydrogen) atoms. The summed E-state index contributed by atoms with van der Waals surface area (Å²) < 4.78 is 5.60. The van der Waals surface area contributed by atoms with Crippen LogP contribution in [0.4, 0.5) is 17.4 Å². The Balaban J connectivity index is 1.87. The number of nitrogens with zero attached hydrogens (tertiary/aromatic N) is 1. The second-order valence-electron chi connectivity index (χ2n) is 4.10. The Labute approximate surface area is 115 Å². The number of thioether (sulfide) groups is 1. The molecule has 3 rings (SSSR count). The van der Waals surface area contributed by atoms with Gasteiger partial charge in [-0.3, -0.25) is 0 Å². The van der Waals surface area contributed by atoms with Gasteiger partial charge in [0.05, 0.1) is 0 Å². The monoisotopic (exact) mass is 271 g/mol. The highest BCUT2D eigenvalue weighted by atomic mass is 32.2. The molecule has 0 fully saturated rings. The summed E-state index contributed by atoms with van der Waals surface area (Å²) in [4.78, 5) is 5.57. The second-order valence-corrected chi connectivity index (χ2v) is 4.98. The van der Waals surface area contributed by atoms with Crippen LogP contribution in [-0.2, 0) is 0 Å². The molecule has 0 aliphatic carbocycles. The fourth-order valence-corrected chi connectivity index (χ4v) is 2.20. The summed E-state index contributed by atoms with van der Waals surface area (Å²) in [5, 5.41) is 3.14. The van der Waals surface area contributed by atoms with Gasteiger partial charge < -0.3 is 15.5 Å². The van der Waals surface area contributed by atoms with E-state index in [1.165, 1.54) is 4.90 Å². The lowest BCUT2D eigenvalue weighted by molar-refractivity contribution is 0.623. The van der Waals surface area contributed by atoms with Crippen LogP contribution in [0, 0.1) is 0 Å². The van der Waals surface area contributed by atoms with E-state index in [9.17, 15) is 0 Å². The van der Waals surface area contributed by atoms with Crippen molar-refractivity contribution < 1.29 is 4.42 Å². The van der Waals surface area contributed by atoms with E-state index in [-0.39, 0.29) is 0 Å². The molecule has 3 aromatic rings. The van der Waals surface area contributed by atoms with Crippen molar-refractivity contribution >= 4 is 40.3 Å². The molecule has 2 aromatic carbocycles. The molecule has 0 saturated heterocycles. The summed E-state index contributed by atoms with van der Waals surface area (Å²) in [5.74, 6) is 0. The first-order chi connectivity index (χ1) is 9.24. The third-order valence-electron chi connectivity index (χ3n) is 2.75. The highest BCUT2D eigenvalue weighted by Crippen LogP contribution is 2.24. The van der Waals surface area contributed by atoms with Gasteiger partial charge in [0, 0.05) is 22.3 Å². The van der Waals surface area contributed by atoms with E-state index in [1.807, 2.05) is 42.7 Å². The third-order valence-corrected chi connectivity index (χ3v) is 3.50. The van der Waals surface area contributed by atoms with E-state index in [0.717, 1.165) is 11.2 Å². The fourth-order valence-electron chi connectivity index (χ4n) is 1.79. The van der Waals surface area contributed by atoms with Crippen LogP contribution >= 0.6 is 11.8 Å². The van der Waals surface area contributed by atoms with Gasteiger partial charge in [0.1, 0.15) is 5.52 Å². The zero-order valence-corrected chi connectivity index (χ0v) is 11.2. The van der Waals surface area contributed by atoms with E-state index in [2.05, 4.69) is 10.3 Å². The lowest BCUT2D eigenvalue weighted by Gasteiger charge is -2.02. The number of benzene rings is 2. The molecule has 0 unspecified atom stereocenters. The van der Waals surface area contributed by atoms with E-state index < -0.39 is 0 Å². The van der Waals surface area contributed by atoms with Gasteiger partial charge in [-0.2, -0.15) is 4.98 Å². The Hall–Kier alpha value is -2.14. The smallest absolute Gasteiger partial charge is 0.300 e. The molecule has 0 bridgehead atoms. The molecule has 0 amide bonds. The van der Waals surface area contributed by atoms with Gasteiger partial charge in [-0.05, 0) is 42.7 Å². The number of hydrogen-bond donors (Lipinski definition) is 2.